The van der Waals surface area contributed by atoms with Crippen LogP contribution in [-0.4, -0.2) is 19.4 Å². The highest BCUT2D eigenvalue weighted by molar-refractivity contribution is 5.04. The SMILES string of the molecule is CCCOCCC#CC(F)(F)F. The number of halogens is 3. The zero-order chi connectivity index (χ0) is 9.45. The van der Waals surface area contributed by atoms with Crippen LogP contribution >= 0.6 is 0 Å². The van der Waals surface area contributed by atoms with Gasteiger partial charge in [0.2, 0.25) is 0 Å². The molecule has 12 heavy (non-hydrogen) atoms. The van der Waals surface area contributed by atoms with Crippen LogP contribution in [0.15, 0.2) is 0 Å². The van der Waals surface area contributed by atoms with Gasteiger partial charge in [0, 0.05) is 18.9 Å². The Balaban J connectivity index is 3.34. The Bertz CT molecular complexity index is 163. The number of hydrogen-bond donors (Lipinski definition) is 0. The van der Waals surface area contributed by atoms with Crippen molar-refractivity contribution in [1.29, 1.82) is 0 Å². The number of hydrogen-bond acceptors (Lipinski definition) is 1. The lowest BCUT2D eigenvalue weighted by Gasteiger charge is -1.96. The first kappa shape index (κ1) is 11.3. The predicted octanol–water partition coefficient (Wildman–Crippen LogP) is 2.37. The van der Waals surface area contributed by atoms with Crippen LogP contribution in [0.5, 0.6) is 0 Å². The maximum atomic E-state index is 11.4. The van der Waals surface area contributed by atoms with E-state index in [2.05, 4.69) is 0 Å². The van der Waals surface area contributed by atoms with Crippen molar-refractivity contribution < 1.29 is 17.9 Å². The van der Waals surface area contributed by atoms with Crippen LogP contribution in [-0.2, 0) is 4.74 Å². The summed E-state index contributed by atoms with van der Waals surface area (Å²) in [7, 11) is 0. The van der Waals surface area contributed by atoms with E-state index in [9.17, 15) is 13.2 Å². The van der Waals surface area contributed by atoms with Gasteiger partial charge in [0.15, 0.2) is 0 Å². The Kier molecular flexibility index (Phi) is 5.56. The Morgan fingerprint density at radius 3 is 2.42 bits per heavy atom. The standard InChI is InChI=1S/C8H11F3O/c1-2-6-12-7-4-3-5-8(9,10)11/h2,4,6-7H2,1H3. The maximum Gasteiger partial charge on any atom is 0.457 e. The fourth-order valence-corrected chi connectivity index (χ4v) is 0.532. The van der Waals surface area contributed by atoms with Crippen LogP contribution in [0, 0.1) is 11.8 Å². The molecule has 0 aliphatic heterocycles. The molecule has 0 bridgehead atoms. The largest absolute Gasteiger partial charge is 0.457 e. The van der Waals surface area contributed by atoms with Gasteiger partial charge < -0.3 is 4.74 Å². The lowest BCUT2D eigenvalue weighted by molar-refractivity contribution is -0.0697. The van der Waals surface area contributed by atoms with Crippen molar-refractivity contribution in [2.45, 2.75) is 25.9 Å². The van der Waals surface area contributed by atoms with Gasteiger partial charge in [0.05, 0.1) is 6.61 Å². The molecule has 0 N–H and O–H groups in total. The quantitative estimate of drug-likeness (QED) is 0.476. The lowest BCUT2D eigenvalue weighted by Crippen LogP contribution is -2.02. The van der Waals surface area contributed by atoms with Gasteiger partial charge in [-0.05, 0) is 6.42 Å². The monoisotopic (exact) mass is 180 g/mol. The average molecular weight is 180 g/mol. The zero-order valence-electron chi connectivity index (χ0n) is 6.87. The summed E-state index contributed by atoms with van der Waals surface area (Å²) in [6.45, 7) is 2.78. The average Bonchev–Trinajstić information content (AvgIpc) is 1.94. The summed E-state index contributed by atoms with van der Waals surface area (Å²) in [6, 6.07) is 0. The molecule has 0 radical (unpaired) electrons. The minimum atomic E-state index is -4.37. The van der Waals surface area contributed by atoms with E-state index in [1.165, 1.54) is 5.92 Å². The molecule has 0 heterocycles. The summed E-state index contributed by atoms with van der Waals surface area (Å²) >= 11 is 0. The molecule has 70 valence electrons. The molecule has 1 nitrogen and oxygen atoms in total. The summed E-state index contributed by atoms with van der Waals surface area (Å²) in [5.74, 6) is 3.15. The van der Waals surface area contributed by atoms with Crippen molar-refractivity contribution in [2.75, 3.05) is 13.2 Å². The molecule has 0 aromatic rings. The first-order valence-electron chi connectivity index (χ1n) is 3.70. The molecule has 0 aliphatic rings. The number of rotatable bonds is 4. The van der Waals surface area contributed by atoms with E-state index in [0.29, 0.717) is 6.61 Å². The topological polar surface area (TPSA) is 9.23 Å². The molecule has 0 amide bonds. The predicted molar refractivity (Wildman–Crippen MR) is 39.6 cm³/mol. The van der Waals surface area contributed by atoms with E-state index in [1.807, 2.05) is 12.8 Å². The maximum absolute atomic E-state index is 11.4. The molecule has 0 unspecified atom stereocenters. The molecule has 0 rings (SSSR count). The fourth-order valence-electron chi connectivity index (χ4n) is 0.532. The van der Waals surface area contributed by atoms with E-state index in [1.54, 1.807) is 0 Å². The van der Waals surface area contributed by atoms with Crippen molar-refractivity contribution in [3.63, 3.8) is 0 Å². The number of alkyl halides is 3. The van der Waals surface area contributed by atoms with E-state index in [0.717, 1.165) is 6.42 Å². The van der Waals surface area contributed by atoms with Crippen molar-refractivity contribution in [2.24, 2.45) is 0 Å². The van der Waals surface area contributed by atoms with Crippen LogP contribution in [0.4, 0.5) is 13.2 Å². The highest BCUT2D eigenvalue weighted by atomic mass is 19.4. The smallest absolute Gasteiger partial charge is 0.380 e. The summed E-state index contributed by atoms with van der Waals surface area (Å²) in [5.41, 5.74) is 0. The Morgan fingerprint density at radius 2 is 1.92 bits per heavy atom. The van der Waals surface area contributed by atoms with Crippen molar-refractivity contribution in [3.8, 4) is 11.8 Å². The minimum absolute atomic E-state index is 0.138. The molecule has 0 aliphatic carbocycles. The van der Waals surface area contributed by atoms with Crippen LogP contribution in [0.25, 0.3) is 0 Å². The normalized spacial score (nSPS) is 10.7. The third-order valence-electron chi connectivity index (χ3n) is 0.950. The molecular weight excluding hydrogens is 169 g/mol. The van der Waals surface area contributed by atoms with Crippen LogP contribution in [0.2, 0.25) is 0 Å². The summed E-state index contributed by atoms with van der Waals surface area (Å²) in [4.78, 5) is 0. The first-order chi connectivity index (χ1) is 5.56. The van der Waals surface area contributed by atoms with Crippen molar-refractivity contribution in [1.82, 2.24) is 0 Å². The summed E-state index contributed by atoms with van der Waals surface area (Å²) < 4.78 is 39.2. The first-order valence-corrected chi connectivity index (χ1v) is 3.70. The summed E-state index contributed by atoms with van der Waals surface area (Å²) in [5, 5.41) is 0. The van der Waals surface area contributed by atoms with Crippen LogP contribution in [0.3, 0.4) is 0 Å². The second-order valence-corrected chi connectivity index (χ2v) is 2.16. The number of ether oxygens (including phenoxy) is 1. The Labute approximate surface area is 69.9 Å². The van der Waals surface area contributed by atoms with Gasteiger partial charge in [-0.2, -0.15) is 13.2 Å². The zero-order valence-corrected chi connectivity index (χ0v) is 6.87. The van der Waals surface area contributed by atoms with Gasteiger partial charge in [0.25, 0.3) is 0 Å². The van der Waals surface area contributed by atoms with E-state index >= 15 is 0 Å². The highest BCUT2D eigenvalue weighted by Gasteiger charge is 2.22. The van der Waals surface area contributed by atoms with E-state index < -0.39 is 6.18 Å². The molecule has 0 aromatic heterocycles. The molecule has 0 spiro atoms. The van der Waals surface area contributed by atoms with E-state index in [4.69, 9.17) is 4.74 Å². The van der Waals surface area contributed by atoms with Gasteiger partial charge in [-0.1, -0.05) is 12.8 Å². The third kappa shape index (κ3) is 9.31. The molecule has 0 saturated carbocycles. The van der Waals surface area contributed by atoms with Crippen LogP contribution < -0.4 is 0 Å². The third-order valence-corrected chi connectivity index (χ3v) is 0.950. The van der Waals surface area contributed by atoms with Crippen molar-refractivity contribution in [3.05, 3.63) is 0 Å². The minimum Gasteiger partial charge on any atom is -0.380 e. The van der Waals surface area contributed by atoms with Crippen molar-refractivity contribution >= 4 is 0 Å². The Morgan fingerprint density at radius 1 is 1.25 bits per heavy atom. The van der Waals surface area contributed by atoms with Gasteiger partial charge in [-0.3, -0.25) is 0 Å². The highest BCUT2D eigenvalue weighted by Crippen LogP contribution is 2.11. The van der Waals surface area contributed by atoms with Gasteiger partial charge in [-0.15, -0.1) is 0 Å². The molecule has 0 aromatic carbocycles. The van der Waals surface area contributed by atoms with Gasteiger partial charge in [-0.25, -0.2) is 0 Å². The molecule has 0 atom stereocenters. The molecule has 0 saturated heterocycles. The van der Waals surface area contributed by atoms with E-state index in [-0.39, 0.29) is 13.0 Å². The second-order valence-electron chi connectivity index (χ2n) is 2.16. The second kappa shape index (κ2) is 5.90. The molecule has 4 heteroatoms. The van der Waals surface area contributed by atoms with Crippen LogP contribution in [0.1, 0.15) is 19.8 Å². The molecular formula is C8H11F3O. The van der Waals surface area contributed by atoms with Gasteiger partial charge in [0.1, 0.15) is 0 Å². The summed E-state index contributed by atoms with van der Waals surface area (Å²) in [6.07, 6.45) is -3.36. The lowest BCUT2D eigenvalue weighted by atomic mass is 10.4. The fraction of sp³-hybridized carbons (Fsp3) is 0.750. The Hall–Kier alpha value is -0.690. The van der Waals surface area contributed by atoms with Gasteiger partial charge >= 0.3 is 6.18 Å². The molecule has 0 fully saturated rings.